The fourth-order valence-electron chi connectivity index (χ4n) is 3.81. The number of methoxy groups -OCH3 is 1. The molecule has 0 saturated heterocycles. The van der Waals surface area contributed by atoms with Gasteiger partial charge in [-0.2, -0.15) is 0 Å². The van der Waals surface area contributed by atoms with E-state index < -0.39 is 0 Å². The smallest absolute Gasteiger partial charge is 0.154 e. The zero-order valence-electron chi connectivity index (χ0n) is 15.4. The van der Waals surface area contributed by atoms with Gasteiger partial charge in [0.1, 0.15) is 5.75 Å². The number of aromatic nitrogens is 1. The largest absolute Gasteiger partial charge is 0.496 e. The number of hydrogen-bond donors (Lipinski definition) is 1. The zero-order chi connectivity index (χ0) is 18.3. The lowest BCUT2D eigenvalue weighted by Crippen LogP contribution is -2.25. The van der Waals surface area contributed by atoms with E-state index in [1.165, 1.54) is 0 Å². The van der Waals surface area contributed by atoms with Gasteiger partial charge in [0.2, 0.25) is 0 Å². The van der Waals surface area contributed by atoms with Crippen molar-refractivity contribution in [1.82, 2.24) is 9.88 Å². The summed E-state index contributed by atoms with van der Waals surface area (Å²) in [6.07, 6.45) is 3.10. The molecule has 1 aliphatic heterocycles. The summed E-state index contributed by atoms with van der Waals surface area (Å²) < 4.78 is 20.9. The van der Waals surface area contributed by atoms with Gasteiger partial charge in [-0.15, -0.1) is 0 Å². The molecule has 0 spiro atoms. The summed E-state index contributed by atoms with van der Waals surface area (Å²) in [5.41, 5.74) is 5.20. The third-order valence-corrected chi connectivity index (χ3v) is 5.07. The van der Waals surface area contributed by atoms with E-state index >= 15 is 4.39 Å². The molecule has 2 aromatic carbocycles. The molecule has 3 aromatic rings. The SMILES string of the molecule is COc1ccccc1-c1cc(C2=CCCN(C)C2)c(F)c2[nH]c(C)cc12. The van der Waals surface area contributed by atoms with Crippen molar-refractivity contribution in [3.8, 4) is 16.9 Å². The van der Waals surface area contributed by atoms with E-state index in [9.17, 15) is 0 Å². The maximum atomic E-state index is 15.4. The molecular weight excluding hydrogens is 327 g/mol. The van der Waals surface area contributed by atoms with Crippen LogP contribution in [0.1, 0.15) is 17.7 Å². The van der Waals surface area contributed by atoms with Crippen LogP contribution in [0.3, 0.4) is 0 Å². The van der Waals surface area contributed by atoms with Crippen molar-refractivity contribution in [3.63, 3.8) is 0 Å². The van der Waals surface area contributed by atoms with Gasteiger partial charge >= 0.3 is 0 Å². The average molecular weight is 350 g/mol. The summed E-state index contributed by atoms with van der Waals surface area (Å²) in [6, 6.07) is 11.9. The van der Waals surface area contributed by atoms with Gasteiger partial charge < -0.3 is 14.6 Å². The molecular formula is C22H23FN2O. The first-order valence-corrected chi connectivity index (χ1v) is 8.91. The highest BCUT2D eigenvalue weighted by molar-refractivity contribution is 6.00. The minimum Gasteiger partial charge on any atom is -0.496 e. The Morgan fingerprint density at radius 2 is 1.92 bits per heavy atom. The Morgan fingerprint density at radius 3 is 2.69 bits per heavy atom. The maximum absolute atomic E-state index is 15.4. The molecule has 2 heterocycles. The van der Waals surface area contributed by atoms with Gasteiger partial charge in [0.05, 0.1) is 12.6 Å². The number of hydrogen-bond acceptors (Lipinski definition) is 2. The molecule has 4 rings (SSSR count). The van der Waals surface area contributed by atoms with Crippen LogP contribution in [0.15, 0.2) is 42.5 Å². The highest BCUT2D eigenvalue weighted by Gasteiger charge is 2.21. The second-order valence-corrected chi connectivity index (χ2v) is 6.98. The van der Waals surface area contributed by atoms with Crippen molar-refractivity contribution in [1.29, 1.82) is 0 Å². The van der Waals surface area contributed by atoms with Gasteiger partial charge in [-0.05, 0) is 49.7 Å². The molecule has 26 heavy (non-hydrogen) atoms. The summed E-state index contributed by atoms with van der Waals surface area (Å²) >= 11 is 0. The predicted molar refractivity (Wildman–Crippen MR) is 105 cm³/mol. The second-order valence-electron chi connectivity index (χ2n) is 6.98. The molecule has 0 amide bonds. The fraction of sp³-hybridized carbons (Fsp3) is 0.273. The molecule has 0 aliphatic carbocycles. The van der Waals surface area contributed by atoms with E-state index in [1.54, 1.807) is 7.11 Å². The molecule has 4 heteroatoms. The highest BCUT2D eigenvalue weighted by atomic mass is 19.1. The number of aryl methyl sites for hydroxylation is 1. The van der Waals surface area contributed by atoms with Crippen LogP contribution in [0, 0.1) is 12.7 Å². The van der Waals surface area contributed by atoms with Gasteiger partial charge in [-0.1, -0.05) is 24.3 Å². The summed E-state index contributed by atoms with van der Waals surface area (Å²) in [4.78, 5) is 5.43. The topological polar surface area (TPSA) is 28.3 Å². The molecule has 0 radical (unpaired) electrons. The minimum atomic E-state index is -0.173. The maximum Gasteiger partial charge on any atom is 0.154 e. The molecule has 0 atom stereocenters. The van der Waals surface area contributed by atoms with Crippen LogP contribution in [0.2, 0.25) is 0 Å². The van der Waals surface area contributed by atoms with Crippen molar-refractivity contribution in [2.45, 2.75) is 13.3 Å². The average Bonchev–Trinajstić information content (AvgIpc) is 3.04. The molecule has 3 nitrogen and oxygen atoms in total. The van der Waals surface area contributed by atoms with Crippen molar-refractivity contribution in [3.05, 3.63) is 59.5 Å². The molecule has 1 aromatic heterocycles. The van der Waals surface area contributed by atoms with Gasteiger partial charge in [0.15, 0.2) is 5.82 Å². The molecule has 0 bridgehead atoms. The number of aromatic amines is 1. The molecule has 0 fully saturated rings. The molecule has 0 unspecified atom stereocenters. The molecule has 1 N–H and O–H groups in total. The number of halogens is 1. The van der Waals surface area contributed by atoms with Crippen molar-refractivity contribution in [2.75, 3.05) is 27.2 Å². The standard InChI is InChI=1S/C22H23FN2O/c1-14-11-19-18(16-8-4-5-9-20(16)26-3)12-17(21(23)22(19)24-14)15-7-6-10-25(2)13-15/h4-5,7-9,11-12,24H,6,10,13H2,1-3H3. The van der Waals surface area contributed by atoms with Crippen molar-refractivity contribution in [2.24, 2.45) is 0 Å². The van der Waals surface area contributed by atoms with Gasteiger partial charge in [-0.25, -0.2) is 4.39 Å². The van der Waals surface area contributed by atoms with Gasteiger partial charge in [0, 0.05) is 35.3 Å². The number of nitrogens with zero attached hydrogens (tertiary/aromatic N) is 1. The summed E-state index contributed by atoms with van der Waals surface area (Å²) in [5, 5.41) is 0.887. The Labute approximate surface area is 153 Å². The molecule has 1 aliphatic rings. The normalized spacial score (nSPS) is 15.3. The number of fused-ring (bicyclic) bond motifs is 1. The molecule has 134 valence electrons. The number of ether oxygens (including phenoxy) is 1. The van der Waals surface area contributed by atoms with Crippen LogP contribution in [0.4, 0.5) is 4.39 Å². The summed E-state index contributed by atoms with van der Waals surface area (Å²) in [7, 11) is 3.74. The number of benzene rings is 2. The number of likely N-dealkylation sites (N-methyl/N-ethyl adjacent to an activating group) is 1. The van der Waals surface area contributed by atoms with Crippen LogP contribution in [-0.4, -0.2) is 37.1 Å². The number of rotatable bonds is 3. The van der Waals surface area contributed by atoms with Crippen molar-refractivity contribution < 1.29 is 9.13 Å². The number of para-hydroxylation sites is 1. The van der Waals surface area contributed by atoms with E-state index in [1.807, 2.05) is 43.3 Å². The van der Waals surface area contributed by atoms with Crippen LogP contribution in [-0.2, 0) is 0 Å². The number of H-pyrrole nitrogens is 1. The van der Waals surface area contributed by atoms with Crippen LogP contribution in [0.25, 0.3) is 27.6 Å². The lowest BCUT2D eigenvalue weighted by molar-refractivity contribution is 0.372. The quantitative estimate of drug-likeness (QED) is 0.719. The first-order valence-electron chi connectivity index (χ1n) is 8.91. The van der Waals surface area contributed by atoms with E-state index in [2.05, 4.69) is 23.0 Å². The third kappa shape index (κ3) is 2.80. The van der Waals surface area contributed by atoms with E-state index in [0.29, 0.717) is 11.1 Å². The number of nitrogens with one attached hydrogen (secondary N) is 1. The zero-order valence-corrected chi connectivity index (χ0v) is 15.4. The Hall–Kier alpha value is -2.59. The summed E-state index contributed by atoms with van der Waals surface area (Å²) in [6.45, 7) is 3.72. The lowest BCUT2D eigenvalue weighted by atomic mass is 9.93. The van der Waals surface area contributed by atoms with Gasteiger partial charge in [-0.3, -0.25) is 0 Å². The van der Waals surface area contributed by atoms with E-state index in [4.69, 9.17) is 4.74 Å². The fourth-order valence-corrected chi connectivity index (χ4v) is 3.81. The highest BCUT2D eigenvalue weighted by Crippen LogP contribution is 2.39. The van der Waals surface area contributed by atoms with Crippen LogP contribution >= 0.6 is 0 Å². The lowest BCUT2D eigenvalue weighted by Gasteiger charge is -2.24. The second kappa shape index (κ2) is 6.61. The molecule has 0 saturated carbocycles. The Balaban J connectivity index is 2.01. The summed E-state index contributed by atoms with van der Waals surface area (Å²) in [5.74, 6) is 0.619. The first-order chi connectivity index (χ1) is 12.6. The Kier molecular flexibility index (Phi) is 4.29. The Morgan fingerprint density at radius 1 is 1.12 bits per heavy atom. The van der Waals surface area contributed by atoms with E-state index in [0.717, 1.165) is 53.0 Å². The van der Waals surface area contributed by atoms with Gasteiger partial charge in [0.25, 0.3) is 0 Å². The minimum absolute atomic E-state index is 0.173. The van der Waals surface area contributed by atoms with E-state index in [-0.39, 0.29) is 5.82 Å². The van der Waals surface area contributed by atoms with Crippen LogP contribution < -0.4 is 4.74 Å². The predicted octanol–water partition coefficient (Wildman–Crippen LogP) is 5.01. The monoisotopic (exact) mass is 350 g/mol. The first kappa shape index (κ1) is 16.9. The Bertz CT molecular complexity index is 1000. The van der Waals surface area contributed by atoms with Crippen molar-refractivity contribution >= 4 is 16.5 Å². The third-order valence-electron chi connectivity index (χ3n) is 5.07. The van der Waals surface area contributed by atoms with Crippen LogP contribution in [0.5, 0.6) is 5.75 Å².